The van der Waals surface area contributed by atoms with Gasteiger partial charge < -0.3 is 10.1 Å². The minimum atomic E-state index is -0.117. The third-order valence-electron chi connectivity index (χ3n) is 4.42. The van der Waals surface area contributed by atoms with Gasteiger partial charge in [-0.1, -0.05) is 38.8 Å². The molecule has 0 saturated heterocycles. The SMILES string of the molecule is C[C@@H]1[C@H](C)CCC[C@@H]1NC(=O)COc1ccccc1C#N. The maximum absolute atomic E-state index is 12.0. The summed E-state index contributed by atoms with van der Waals surface area (Å²) < 4.78 is 5.46. The molecule has 1 amide bonds. The number of amides is 1. The molecular formula is C17H22N2O2. The lowest BCUT2D eigenvalue weighted by Crippen LogP contribution is -2.45. The van der Waals surface area contributed by atoms with Gasteiger partial charge in [0.25, 0.3) is 5.91 Å². The van der Waals surface area contributed by atoms with Crippen LogP contribution in [-0.2, 0) is 4.79 Å². The first-order chi connectivity index (χ1) is 10.1. The Kier molecular flexibility index (Phi) is 5.21. The first kappa shape index (κ1) is 15.4. The molecule has 0 heterocycles. The van der Waals surface area contributed by atoms with Gasteiger partial charge >= 0.3 is 0 Å². The molecule has 21 heavy (non-hydrogen) atoms. The molecule has 3 atom stereocenters. The number of rotatable bonds is 4. The summed E-state index contributed by atoms with van der Waals surface area (Å²) in [5.41, 5.74) is 0.449. The van der Waals surface area contributed by atoms with Crippen LogP contribution in [0.2, 0.25) is 0 Å². The van der Waals surface area contributed by atoms with Gasteiger partial charge in [-0.25, -0.2) is 0 Å². The fourth-order valence-corrected chi connectivity index (χ4v) is 2.86. The number of carbonyl (C=O) groups excluding carboxylic acids is 1. The third-order valence-corrected chi connectivity index (χ3v) is 4.42. The van der Waals surface area contributed by atoms with Gasteiger partial charge in [0.1, 0.15) is 11.8 Å². The van der Waals surface area contributed by atoms with Crippen molar-refractivity contribution in [3.05, 3.63) is 29.8 Å². The molecule has 1 aromatic carbocycles. The number of ether oxygens (including phenoxy) is 1. The zero-order valence-electron chi connectivity index (χ0n) is 12.6. The van der Waals surface area contributed by atoms with Crippen molar-refractivity contribution >= 4 is 5.91 Å². The molecule has 1 aromatic rings. The fraction of sp³-hybridized carbons (Fsp3) is 0.529. The topological polar surface area (TPSA) is 62.1 Å². The highest BCUT2D eigenvalue weighted by atomic mass is 16.5. The van der Waals surface area contributed by atoms with E-state index in [9.17, 15) is 4.79 Å². The van der Waals surface area contributed by atoms with E-state index in [1.165, 1.54) is 6.42 Å². The summed E-state index contributed by atoms with van der Waals surface area (Å²) in [6.45, 7) is 4.39. The van der Waals surface area contributed by atoms with Crippen molar-refractivity contribution in [1.82, 2.24) is 5.32 Å². The lowest BCUT2D eigenvalue weighted by Gasteiger charge is -2.34. The van der Waals surface area contributed by atoms with Crippen molar-refractivity contribution in [3.63, 3.8) is 0 Å². The van der Waals surface area contributed by atoms with Gasteiger partial charge in [-0.3, -0.25) is 4.79 Å². The maximum Gasteiger partial charge on any atom is 0.258 e. The van der Waals surface area contributed by atoms with Gasteiger partial charge in [0.15, 0.2) is 6.61 Å². The second-order valence-electron chi connectivity index (χ2n) is 5.84. The predicted molar refractivity (Wildman–Crippen MR) is 80.8 cm³/mol. The van der Waals surface area contributed by atoms with Gasteiger partial charge in [-0.05, 0) is 30.4 Å². The van der Waals surface area contributed by atoms with Crippen molar-refractivity contribution in [2.45, 2.75) is 39.2 Å². The predicted octanol–water partition coefficient (Wildman–Crippen LogP) is 2.88. The van der Waals surface area contributed by atoms with Crippen LogP contribution in [0, 0.1) is 23.2 Å². The summed E-state index contributed by atoms with van der Waals surface area (Å²) in [5.74, 6) is 1.48. The first-order valence-electron chi connectivity index (χ1n) is 7.53. The number of para-hydroxylation sites is 1. The molecule has 0 radical (unpaired) electrons. The van der Waals surface area contributed by atoms with E-state index >= 15 is 0 Å². The normalized spacial score (nSPS) is 24.9. The zero-order chi connectivity index (χ0) is 15.2. The number of nitrogens with zero attached hydrogens (tertiary/aromatic N) is 1. The summed E-state index contributed by atoms with van der Waals surface area (Å²) in [7, 11) is 0. The van der Waals surface area contributed by atoms with Gasteiger partial charge in [-0.15, -0.1) is 0 Å². The third kappa shape index (κ3) is 3.98. The largest absolute Gasteiger partial charge is 0.482 e. The molecule has 4 nitrogen and oxygen atoms in total. The smallest absolute Gasteiger partial charge is 0.258 e. The van der Waals surface area contributed by atoms with Crippen molar-refractivity contribution in [2.75, 3.05) is 6.61 Å². The van der Waals surface area contributed by atoms with Crippen LogP contribution in [0.4, 0.5) is 0 Å². The van der Waals surface area contributed by atoms with E-state index in [1.807, 2.05) is 0 Å². The van der Waals surface area contributed by atoms with E-state index in [-0.39, 0.29) is 18.6 Å². The molecule has 1 fully saturated rings. The molecule has 1 saturated carbocycles. The molecule has 0 unspecified atom stereocenters. The number of carbonyl (C=O) groups is 1. The highest BCUT2D eigenvalue weighted by Crippen LogP contribution is 2.29. The average molecular weight is 286 g/mol. The summed E-state index contributed by atoms with van der Waals surface area (Å²) >= 11 is 0. The second-order valence-corrected chi connectivity index (χ2v) is 5.84. The van der Waals surface area contributed by atoms with Crippen LogP contribution in [0.15, 0.2) is 24.3 Å². The number of hydrogen-bond donors (Lipinski definition) is 1. The fourth-order valence-electron chi connectivity index (χ4n) is 2.86. The first-order valence-corrected chi connectivity index (χ1v) is 7.53. The van der Waals surface area contributed by atoms with Crippen LogP contribution >= 0.6 is 0 Å². The van der Waals surface area contributed by atoms with E-state index in [1.54, 1.807) is 24.3 Å². The van der Waals surface area contributed by atoms with Crippen LogP contribution in [0.1, 0.15) is 38.7 Å². The molecular weight excluding hydrogens is 264 g/mol. The average Bonchev–Trinajstić information content (AvgIpc) is 2.50. The number of nitriles is 1. The maximum atomic E-state index is 12.0. The molecule has 0 spiro atoms. The zero-order valence-corrected chi connectivity index (χ0v) is 12.6. The lowest BCUT2D eigenvalue weighted by molar-refractivity contribution is -0.124. The molecule has 0 aliphatic heterocycles. The molecule has 0 aromatic heterocycles. The van der Waals surface area contributed by atoms with Crippen molar-refractivity contribution in [1.29, 1.82) is 5.26 Å². The van der Waals surface area contributed by atoms with E-state index in [4.69, 9.17) is 10.00 Å². The number of nitrogens with one attached hydrogen (secondary N) is 1. The Morgan fingerprint density at radius 2 is 2.14 bits per heavy atom. The number of benzene rings is 1. The molecule has 2 rings (SSSR count). The van der Waals surface area contributed by atoms with Gasteiger partial charge in [0, 0.05) is 6.04 Å². The van der Waals surface area contributed by atoms with E-state index in [0.717, 1.165) is 12.8 Å². The Bertz CT molecular complexity index is 536. The van der Waals surface area contributed by atoms with Crippen molar-refractivity contribution in [3.8, 4) is 11.8 Å². The monoisotopic (exact) mass is 286 g/mol. The number of hydrogen-bond acceptors (Lipinski definition) is 3. The van der Waals surface area contributed by atoms with E-state index in [2.05, 4.69) is 25.2 Å². The molecule has 112 valence electrons. The van der Waals surface area contributed by atoms with Crippen LogP contribution in [0.3, 0.4) is 0 Å². The highest BCUT2D eigenvalue weighted by Gasteiger charge is 2.28. The highest BCUT2D eigenvalue weighted by molar-refractivity contribution is 5.78. The van der Waals surface area contributed by atoms with E-state index < -0.39 is 0 Å². The Labute approximate surface area is 126 Å². The Balaban J connectivity index is 1.86. The van der Waals surface area contributed by atoms with Crippen LogP contribution in [0.25, 0.3) is 0 Å². The molecule has 1 aliphatic rings. The van der Waals surface area contributed by atoms with E-state index in [0.29, 0.717) is 23.1 Å². The van der Waals surface area contributed by atoms with Crippen molar-refractivity contribution in [2.24, 2.45) is 11.8 Å². The quantitative estimate of drug-likeness (QED) is 0.925. The van der Waals surface area contributed by atoms with Crippen LogP contribution in [0.5, 0.6) is 5.75 Å². The molecule has 1 N–H and O–H groups in total. The minimum absolute atomic E-state index is 0.0453. The molecule has 4 heteroatoms. The van der Waals surface area contributed by atoms with Gasteiger partial charge in [0.2, 0.25) is 0 Å². The molecule has 0 bridgehead atoms. The summed E-state index contributed by atoms with van der Waals surface area (Å²) in [6, 6.07) is 9.24. The second kappa shape index (κ2) is 7.12. The summed E-state index contributed by atoms with van der Waals surface area (Å²) in [6.07, 6.45) is 3.43. The summed E-state index contributed by atoms with van der Waals surface area (Å²) in [4.78, 5) is 12.0. The van der Waals surface area contributed by atoms with Crippen LogP contribution in [-0.4, -0.2) is 18.6 Å². The minimum Gasteiger partial charge on any atom is -0.482 e. The Morgan fingerprint density at radius 3 is 2.90 bits per heavy atom. The van der Waals surface area contributed by atoms with Crippen molar-refractivity contribution < 1.29 is 9.53 Å². The molecule has 1 aliphatic carbocycles. The lowest BCUT2D eigenvalue weighted by atomic mass is 9.78. The van der Waals surface area contributed by atoms with Crippen LogP contribution < -0.4 is 10.1 Å². The Morgan fingerprint density at radius 1 is 1.38 bits per heavy atom. The summed E-state index contributed by atoms with van der Waals surface area (Å²) in [5, 5.41) is 12.0. The van der Waals surface area contributed by atoms with Gasteiger partial charge in [-0.2, -0.15) is 5.26 Å². The van der Waals surface area contributed by atoms with Gasteiger partial charge in [0.05, 0.1) is 5.56 Å². The Hall–Kier alpha value is -2.02. The standard InChI is InChI=1S/C17H22N2O2/c1-12-6-5-8-15(13(12)2)19-17(20)11-21-16-9-4-3-7-14(16)10-18/h3-4,7,9,12-13,15H,5-6,8,11H2,1-2H3,(H,19,20)/t12-,13-,15+/m1/s1.